The summed E-state index contributed by atoms with van der Waals surface area (Å²) in [4.78, 5) is 4.61. The van der Waals surface area contributed by atoms with Crippen LogP contribution in [0.5, 0.6) is 0 Å². The summed E-state index contributed by atoms with van der Waals surface area (Å²) in [5.41, 5.74) is 2.84. The highest BCUT2D eigenvalue weighted by molar-refractivity contribution is 5.29. The van der Waals surface area contributed by atoms with Gasteiger partial charge in [0.05, 0.1) is 0 Å². The van der Waals surface area contributed by atoms with Gasteiger partial charge in [-0.25, -0.2) is 0 Å². The molecule has 1 aliphatic carbocycles. The van der Waals surface area contributed by atoms with Gasteiger partial charge in [0.25, 0.3) is 0 Å². The van der Waals surface area contributed by atoms with Crippen LogP contribution in [0.15, 0.2) is 18.3 Å². The van der Waals surface area contributed by atoms with Crippen LogP contribution in [0.2, 0.25) is 0 Å². The molecule has 1 heterocycles. The van der Waals surface area contributed by atoms with Crippen molar-refractivity contribution < 1.29 is 0 Å². The second kappa shape index (κ2) is 6.33. The molecule has 0 amide bonds. The molecule has 0 saturated carbocycles. The zero-order valence-electron chi connectivity index (χ0n) is 11.9. The third kappa shape index (κ3) is 3.11. The third-order valence-electron chi connectivity index (χ3n) is 4.16. The molecule has 0 fully saturated rings. The Bertz CT molecular complexity index is 375. The SMILES string of the molecule is CCCNC(C)CC(C)C1CCc2cccnc21. The molecule has 0 saturated heterocycles. The molecule has 0 aliphatic heterocycles. The van der Waals surface area contributed by atoms with E-state index in [1.807, 2.05) is 6.20 Å². The molecule has 2 rings (SSSR count). The van der Waals surface area contributed by atoms with Crippen molar-refractivity contribution in [3.8, 4) is 0 Å². The minimum Gasteiger partial charge on any atom is -0.314 e. The number of pyridine rings is 1. The summed E-state index contributed by atoms with van der Waals surface area (Å²) in [6, 6.07) is 4.93. The van der Waals surface area contributed by atoms with Crippen LogP contribution in [0.25, 0.3) is 0 Å². The van der Waals surface area contributed by atoms with E-state index in [9.17, 15) is 0 Å². The predicted octanol–water partition coefficient (Wildman–Crippen LogP) is 3.53. The molecule has 3 unspecified atom stereocenters. The number of hydrogen-bond acceptors (Lipinski definition) is 2. The van der Waals surface area contributed by atoms with Crippen molar-refractivity contribution in [2.75, 3.05) is 6.54 Å². The quantitative estimate of drug-likeness (QED) is 0.830. The molecule has 3 atom stereocenters. The summed E-state index contributed by atoms with van der Waals surface area (Å²) in [6.07, 6.45) is 6.92. The van der Waals surface area contributed by atoms with E-state index in [1.165, 1.54) is 36.9 Å². The van der Waals surface area contributed by atoms with Crippen LogP contribution in [-0.2, 0) is 6.42 Å². The Morgan fingerprint density at radius 3 is 3.06 bits per heavy atom. The van der Waals surface area contributed by atoms with Crippen molar-refractivity contribution in [3.05, 3.63) is 29.6 Å². The average molecular weight is 246 g/mol. The molecule has 100 valence electrons. The van der Waals surface area contributed by atoms with E-state index in [1.54, 1.807) is 0 Å². The molecule has 0 aromatic carbocycles. The van der Waals surface area contributed by atoms with Crippen LogP contribution in [0, 0.1) is 5.92 Å². The van der Waals surface area contributed by atoms with E-state index >= 15 is 0 Å². The summed E-state index contributed by atoms with van der Waals surface area (Å²) >= 11 is 0. The zero-order valence-corrected chi connectivity index (χ0v) is 11.9. The second-order valence-corrected chi connectivity index (χ2v) is 5.76. The fraction of sp³-hybridized carbons (Fsp3) is 0.688. The fourth-order valence-electron chi connectivity index (χ4n) is 3.19. The lowest BCUT2D eigenvalue weighted by Gasteiger charge is -2.23. The lowest BCUT2D eigenvalue weighted by atomic mass is 9.87. The highest BCUT2D eigenvalue weighted by Gasteiger charge is 2.28. The van der Waals surface area contributed by atoms with E-state index < -0.39 is 0 Å². The van der Waals surface area contributed by atoms with Gasteiger partial charge in [-0.1, -0.05) is 19.9 Å². The fourth-order valence-corrected chi connectivity index (χ4v) is 3.19. The number of aromatic nitrogens is 1. The molecule has 1 aromatic heterocycles. The standard InChI is InChI=1S/C16H26N2/c1-4-9-17-13(3)11-12(2)15-8-7-14-6-5-10-18-16(14)15/h5-6,10,12-13,15,17H,4,7-9,11H2,1-3H3. The first-order valence-electron chi connectivity index (χ1n) is 7.39. The first-order valence-corrected chi connectivity index (χ1v) is 7.39. The summed E-state index contributed by atoms with van der Waals surface area (Å²) in [5, 5.41) is 3.59. The molecular formula is C16H26N2. The van der Waals surface area contributed by atoms with Gasteiger partial charge in [0.2, 0.25) is 0 Å². The summed E-state index contributed by atoms with van der Waals surface area (Å²) in [5.74, 6) is 1.40. The van der Waals surface area contributed by atoms with Crippen LogP contribution in [0.4, 0.5) is 0 Å². The number of rotatable bonds is 6. The van der Waals surface area contributed by atoms with Crippen molar-refractivity contribution in [2.24, 2.45) is 5.92 Å². The van der Waals surface area contributed by atoms with E-state index in [4.69, 9.17) is 0 Å². The summed E-state index contributed by atoms with van der Waals surface area (Å²) < 4.78 is 0. The molecule has 1 aromatic rings. The van der Waals surface area contributed by atoms with Gasteiger partial charge in [-0.15, -0.1) is 0 Å². The highest BCUT2D eigenvalue weighted by atomic mass is 14.9. The van der Waals surface area contributed by atoms with E-state index in [2.05, 4.69) is 43.2 Å². The van der Waals surface area contributed by atoms with Crippen molar-refractivity contribution in [1.82, 2.24) is 10.3 Å². The molecule has 2 nitrogen and oxygen atoms in total. The molecule has 2 heteroatoms. The largest absolute Gasteiger partial charge is 0.314 e. The first kappa shape index (κ1) is 13.5. The molecular weight excluding hydrogens is 220 g/mol. The van der Waals surface area contributed by atoms with Gasteiger partial charge in [-0.05, 0) is 56.7 Å². The monoisotopic (exact) mass is 246 g/mol. The van der Waals surface area contributed by atoms with E-state index in [-0.39, 0.29) is 0 Å². The highest BCUT2D eigenvalue weighted by Crippen LogP contribution is 2.38. The van der Waals surface area contributed by atoms with Crippen LogP contribution in [0.1, 0.15) is 57.2 Å². The minimum atomic E-state index is 0.618. The number of fused-ring (bicyclic) bond motifs is 1. The van der Waals surface area contributed by atoms with Crippen molar-refractivity contribution in [2.45, 2.75) is 58.4 Å². The van der Waals surface area contributed by atoms with Gasteiger partial charge in [0.1, 0.15) is 0 Å². The van der Waals surface area contributed by atoms with Gasteiger partial charge in [0, 0.05) is 23.9 Å². The summed E-state index contributed by atoms with van der Waals surface area (Å²) in [6.45, 7) is 8.05. The molecule has 18 heavy (non-hydrogen) atoms. The van der Waals surface area contributed by atoms with Crippen molar-refractivity contribution >= 4 is 0 Å². The third-order valence-corrected chi connectivity index (χ3v) is 4.16. The number of aryl methyl sites for hydroxylation is 1. The van der Waals surface area contributed by atoms with Crippen molar-refractivity contribution in [1.29, 1.82) is 0 Å². The second-order valence-electron chi connectivity index (χ2n) is 5.76. The molecule has 0 radical (unpaired) electrons. The number of nitrogens with zero attached hydrogens (tertiary/aromatic N) is 1. The maximum Gasteiger partial charge on any atom is 0.0469 e. The van der Waals surface area contributed by atoms with Crippen LogP contribution >= 0.6 is 0 Å². The summed E-state index contributed by atoms with van der Waals surface area (Å²) in [7, 11) is 0. The van der Waals surface area contributed by atoms with Gasteiger partial charge in [0.15, 0.2) is 0 Å². The van der Waals surface area contributed by atoms with Crippen molar-refractivity contribution in [3.63, 3.8) is 0 Å². The Morgan fingerprint density at radius 2 is 2.28 bits per heavy atom. The molecule has 1 aliphatic rings. The van der Waals surface area contributed by atoms with Crippen LogP contribution < -0.4 is 5.32 Å². The molecule has 1 N–H and O–H groups in total. The predicted molar refractivity (Wildman–Crippen MR) is 76.8 cm³/mol. The van der Waals surface area contributed by atoms with Gasteiger partial charge in [-0.2, -0.15) is 0 Å². The van der Waals surface area contributed by atoms with Gasteiger partial charge >= 0.3 is 0 Å². The maximum atomic E-state index is 4.61. The lowest BCUT2D eigenvalue weighted by Crippen LogP contribution is -2.29. The maximum absolute atomic E-state index is 4.61. The van der Waals surface area contributed by atoms with Gasteiger partial charge in [-0.3, -0.25) is 4.98 Å². The molecule has 0 spiro atoms. The Kier molecular flexibility index (Phi) is 4.76. The minimum absolute atomic E-state index is 0.618. The zero-order chi connectivity index (χ0) is 13.0. The molecule has 0 bridgehead atoms. The van der Waals surface area contributed by atoms with Crippen LogP contribution in [-0.4, -0.2) is 17.6 Å². The Morgan fingerprint density at radius 1 is 1.44 bits per heavy atom. The van der Waals surface area contributed by atoms with E-state index in [0.29, 0.717) is 12.0 Å². The number of nitrogens with one attached hydrogen (secondary N) is 1. The normalized spacial score (nSPS) is 21.6. The smallest absolute Gasteiger partial charge is 0.0469 e. The Hall–Kier alpha value is -0.890. The topological polar surface area (TPSA) is 24.9 Å². The first-order chi connectivity index (χ1) is 8.72. The lowest BCUT2D eigenvalue weighted by molar-refractivity contribution is 0.363. The number of hydrogen-bond donors (Lipinski definition) is 1. The Balaban J connectivity index is 1.92. The average Bonchev–Trinajstić information content (AvgIpc) is 2.80. The van der Waals surface area contributed by atoms with Gasteiger partial charge < -0.3 is 5.32 Å². The van der Waals surface area contributed by atoms with E-state index in [0.717, 1.165) is 12.5 Å². The Labute approximate surface area is 111 Å². The van der Waals surface area contributed by atoms with Crippen LogP contribution in [0.3, 0.4) is 0 Å².